The van der Waals surface area contributed by atoms with Crippen molar-refractivity contribution < 1.29 is 9.53 Å². The van der Waals surface area contributed by atoms with E-state index in [4.69, 9.17) is 4.74 Å². The van der Waals surface area contributed by atoms with Gasteiger partial charge in [-0.1, -0.05) is 6.07 Å². The summed E-state index contributed by atoms with van der Waals surface area (Å²) in [5.41, 5.74) is 2.16. The molecule has 1 fully saturated rings. The molecule has 1 aliphatic heterocycles. The van der Waals surface area contributed by atoms with Crippen LogP contribution in [0.25, 0.3) is 0 Å². The smallest absolute Gasteiger partial charge is 0.261 e. The van der Waals surface area contributed by atoms with Gasteiger partial charge in [0.1, 0.15) is 11.6 Å². The van der Waals surface area contributed by atoms with E-state index >= 15 is 0 Å². The molecule has 2 aromatic rings. The lowest BCUT2D eigenvalue weighted by Crippen LogP contribution is -2.44. The Bertz CT molecular complexity index is 822. The van der Waals surface area contributed by atoms with Gasteiger partial charge in [0.15, 0.2) is 6.10 Å². The lowest BCUT2D eigenvalue weighted by atomic mass is 10.2. The van der Waals surface area contributed by atoms with Crippen LogP contribution in [0.2, 0.25) is 0 Å². The number of amides is 1. The number of hydrogen-bond donors (Lipinski definition) is 1. The Morgan fingerprint density at radius 1 is 1.25 bits per heavy atom. The molecule has 150 valence electrons. The van der Waals surface area contributed by atoms with Crippen LogP contribution < -0.4 is 15.0 Å². The second-order valence-corrected chi connectivity index (χ2v) is 8.08. The molecule has 1 unspecified atom stereocenters. The maximum atomic E-state index is 12.4. The number of aryl methyl sites for hydroxylation is 1. The summed E-state index contributed by atoms with van der Waals surface area (Å²) in [4.78, 5) is 21.5. The van der Waals surface area contributed by atoms with Gasteiger partial charge in [-0.15, -0.1) is 0 Å². The van der Waals surface area contributed by atoms with E-state index in [1.54, 1.807) is 13.1 Å². The molecule has 0 radical (unpaired) electrons. The molecule has 0 bridgehead atoms. The molecule has 1 amide bonds. The molecule has 0 spiro atoms. The van der Waals surface area contributed by atoms with Crippen LogP contribution in [0.5, 0.6) is 5.75 Å². The fourth-order valence-electron chi connectivity index (χ4n) is 3.06. The highest BCUT2D eigenvalue weighted by atomic mass is 79.9. The Balaban J connectivity index is 1.54. The molecule has 3 rings (SSSR count). The molecular formula is C21H27BrN4O2. The molecule has 1 N–H and O–H groups in total. The second kappa shape index (κ2) is 9.39. The molecule has 1 atom stereocenters. The summed E-state index contributed by atoms with van der Waals surface area (Å²) in [5.74, 6) is 1.48. The van der Waals surface area contributed by atoms with Gasteiger partial charge in [-0.05, 0) is 72.2 Å². The molecular weight excluding hydrogens is 420 g/mol. The van der Waals surface area contributed by atoms with Crippen molar-refractivity contribution in [1.29, 1.82) is 0 Å². The van der Waals surface area contributed by atoms with Crippen molar-refractivity contribution in [3.63, 3.8) is 0 Å². The molecule has 1 aromatic heterocycles. The van der Waals surface area contributed by atoms with Gasteiger partial charge in [0, 0.05) is 38.9 Å². The number of hydrogen-bond acceptors (Lipinski definition) is 5. The number of aromatic nitrogens is 1. The van der Waals surface area contributed by atoms with Crippen molar-refractivity contribution >= 4 is 27.7 Å². The highest BCUT2D eigenvalue weighted by Crippen LogP contribution is 2.26. The molecule has 6 nitrogen and oxygen atoms in total. The zero-order chi connectivity index (χ0) is 20.1. The van der Waals surface area contributed by atoms with E-state index < -0.39 is 6.10 Å². The minimum Gasteiger partial charge on any atom is -0.480 e. The monoisotopic (exact) mass is 446 g/mol. The summed E-state index contributed by atoms with van der Waals surface area (Å²) < 4.78 is 6.64. The van der Waals surface area contributed by atoms with Crippen LogP contribution in [0.3, 0.4) is 0 Å². The Hall–Kier alpha value is -2.12. The first kappa shape index (κ1) is 20.6. The predicted molar refractivity (Wildman–Crippen MR) is 115 cm³/mol. The zero-order valence-corrected chi connectivity index (χ0v) is 18.2. The van der Waals surface area contributed by atoms with Crippen LogP contribution in [0, 0.1) is 6.92 Å². The van der Waals surface area contributed by atoms with Crippen LogP contribution in [-0.4, -0.2) is 55.1 Å². The van der Waals surface area contributed by atoms with Crippen LogP contribution >= 0.6 is 15.9 Å². The summed E-state index contributed by atoms with van der Waals surface area (Å²) in [6, 6.07) is 9.78. The Kier molecular flexibility index (Phi) is 6.91. The van der Waals surface area contributed by atoms with Gasteiger partial charge in [0.2, 0.25) is 0 Å². The fourth-order valence-corrected chi connectivity index (χ4v) is 3.64. The Morgan fingerprint density at radius 2 is 2.00 bits per heavy atom. The number of anilines is 1. The highest BCUT2D eigenvalue weighted by molar-refractivity contribution is 9.10. The van der Waals surface area contributed by atoms with Crippen LogP contribution in [0.1, 0.15) is 18.1 Å². The normalized spacial score (nSPS) is 15.9. The number of likely N-dealkylation sites (N-methyl/N-ethyl adjacent to an activating group) is 1. The quantitative estimate of drug-likeness (QED) is 0.738. The van der Waals surface area contributed by atoms with Crippen molar-refractivity contribution in [1.82, 2.24) is 15.2 Å². The summed E-state index contributed by atoms with van der Waals surface area (Å²) in [7, 11) is 2.13. The number of nitrogens with zero attached hydrogens (tertiary/aromatic N) is 3. The molecule has 1 aromatic carbocycles. The molecule has 7 heteroatoms. The predicted octanol–water partition coefficient (Wildman–Crippen LogP) is 2.99. The molecule has 2 heterocycles. The minimum absolute atomic E-state index is 0.148. The van der Waals surface area contributed by atoms with E-state index in [1.165, 1.54) is 0 Å². The number of benzene rings is 1. The van der Waals surface area contributed by atoms with Crippen LogP contribution in [-0.2, 0) is 11.3 Å². The maximum absolute atomic E-state index is 12.4. The molecule has 1 saturated heterocycles. The SMILES string of the molecule is Cc1ccc(OC(C)C(=O)NCc2ccnc(N3CCN(C)CC3)c2)c(Br)c1. The Morgan fingerprint density at radius 3 is 2.71 bits per heavy atom. The number of carbonyl (C=O) groups is 1. The topological polar surface area (TPSA) is 57.7 Å². The first-order valence-corrected chi connectivity index (χ1v) is 10.3. The maximum Gasteiger partial charge on any atom is 0.261 e. The molecule has 0 aliphatic carbocycles. The molecule has 0 saturated carbocycles. The van der Waals surface area contributed by atoms with Crippen molar-refractivity contribution in [2.75, 3.05) is 38.1 Å². The summed E-state index contributed by atoms with van der Waals surface area (Å²) in [5, 5.41) is 2.95. The fraction of sp³-hybridized carbons (Fsp3) is 0.429. The number of nitrogens with one attached hydrogen (secondary N) is 1. The van der Waals surface area contributed by atoms with Crippen LogP contribution in [0.4, 0.5) is 5.82 Å². The summed E-state index contributed by atoms with van der Waals surface area (Å²) in [6.07, 6.45) is 1.22. The van der Waals surface area contributed by atoms with Crippen LogP contribution in [0.15, 0.2) is 41.0 Å². The third-order valence-corrected chi connectivity index (χ3v) is 5.48. The largest absolute Gasteiger partial charge is 0.480 e. The first-order chi connectivity index (χ1) is 13.4. The minimum atomic E-state index is -0.585. The average Bonchev–Trinajstić information content (AvgIpc) is 2.69. The standard InChI is InChI=1S/C21H27BrN4O2/c1-15-4-5-19(18(22)12-15)28-16(2)21(27)24-14-17-6-7-23-20(13-17)26-10-8-25(3)9-11-26/h4-7,12-13,16H,8-11,14H2,1-3H3,(H,24,27). The Labute approximate surface area is 175 Å². The van der Waals surface area contributed by atoms with E-state index in [2.05, 4.69) is 43.1 Å². The number of pyridine rings is 1. The summed E-state index contributed by atoms with van der Waals surface area (Å²) in [6.45, 7) is 8.22. The average molecular weight is 447 g/mol. The van der Waals surface area contributed by atoms with Crippen molar-refractivity contribution in [2.24, 2.45) is 0 Å². The number of rotatable bonds is 6. The lowest BCUT2D eigenvalue weighted by molar-refractivity contribution is -0.127. The first-order valence-electron chi connectivity index (χ1n) is 9.51. The zero-order valence-electron chi connectivity index (χ0n) is 16.6. The highest BCUT2D eigenvalue weighted by Gasteiger charge is 2.17. The lowest BCUT2D eigenvalue weighted by Gasteiger charge is -2.33. The van der Waals surface area contributed by atoms with E-state index in [0.29, 0.717) is 12.3 Å². The van der Waals surface area contributed by atoms with Gasteiger partial charge < -0.3 is 19.9 Å². The van der Waals surface area contributed by atoms with Crippen molar-refractivity contribution in [3.8, 4) is 5.75 Å². The van der Waals surface area contributed by atoms with Gasteiger partial charge >= 0.3 is 0 Å². The number of halogens is 1. The van der Waals surface area contributed by atoms with E-state index in [-0.39, 0.29) is 5.91 Å². The van der Waals surface area contributed by atoms with E-state index in [1.807, 2.05) is 37.3 Å². The van der Waals surface area contributed by atoms with Gasteiger partial charge in [-0.3, -0.25) is 4.79 Å². The third-order valence-electron chi connectivity index (χ3n) is 4.86. The number of carbonyl (C=O) groups excluding carboxylic acids is 1. The molecule has 1 aliphatic rings. The van der Waals surface area contributed by atoms with E-state index in [0.717, 1.165) is 47.6 Å². The van der Waals surface area contributed by atoms with Gasteiger partial charge in [-0.25, -0.2) is 4.98 Å². The van der Waals surface area contributed by atoms with Crippen molar-refractivity contribution in [3.05, 3.63) is 52.1 Å². The van der Waals surface area contributed by atoms with Gasteiger partial charge in [0.05, 0.1) is 4.47 Å². The van der Waals surface area contributed by atoms with Gasteiger partial charge in [-0.2, -0.15) is 0 Å². The van der Waals surface area contributed by atoms with Crippen molar-refractivity contribution in [2.45, 2.75) is 26.5 Å². The second-order valence-electron chi connectivity index (χ2n) is 7.22. The van der Waals surface area contributed by atoms with Gasteiger partial charge in [0.25, 0.3) is 5.91 Å². The number of piperazine rings is 1. The molecule has 28 heavy (non-hydrogen) atoms. The van der Waals surface area contributed by atoms with E-state index in [9.17, 15) is 4.79 Å². The third kappa shape index (κ3) is 5.45. The summed E-state index contributed by atoms with van der Waals surface area (Å²) >= 11 is 3.48. The number of ether oxygens (including phenoxy) is 1.